The van der Waals surface area contributed by atoms with Crippen LogP contribution in [0.15, 0.2) is 42.6 Å². The third-order valence-corrected chi connectivity index (χ3v) is 6.35. The highest BCUT2D eigenvalue weighted by molar-refractivity contribution is 6.33. The Bertz CT molecular complexity index is 1310. The molecule has 0 radical (unpaired) electrons. The van der Waals surface area contributed by atoms with Crippen molar-refractivity contribution < 1.29 is 38.0 Å². The van der Waals surface area contributed by atoms with Crippen LogP contribution >= 0.6 is 0 Å². The van der Waals surface area contributed by atoms with Crippen LogP contribution in [0.3, 0.4) is 0 Å². The molecule has 0 amide bonds. The van der Waals surface area contributed by atoms with E-state index < -0.39 is 48.1 Å². The van der Waals surface area contributed by atoms with E-state index >= 15 is 4.39 Å². The number of alkyl halides is 1. The Morgan fingerprint density at radius 1 is 0.971 bits per heavy atom. The summed E-state index contributed by atoms with van der Waals surface area (Å²) in [7, 11) is 2.78. The van der Waals surface area contributed by atoms with Crippen molar-refractivity contribution in [2.24, 2.45) is 0 Å². The number of nitrogens with zero attached hydrogens (tertiary/aromatic N) is 1. The zero-order valence-electron chi connectivity index (χ0n) is 18.7. The first-order chi connectivity index (χ1) is 16.4. The van der Waals surface area contributed by atoms with Crippen LogP contribution in [-0.2, 0) is 14.2 Å². The number of carbonyl (C=O) groups excluding carboxylic acids is 2. The number of aromatic hydroxyl groups is 1. The molecule has 8 nitrogen and oxygen atoms in total. The third-order valence-electron chi connectivity index (χ3n) is 6.35. The normalized spacial score (nSPS) is 26.3. The van der Waals surface area contributed by atoms with Crippen molar-refractivity contribution in [2.45, 2.75) is 37.7 Å². The van der Waals surface area contributed by atoms with Crippen molar-refractivity contribution in [1.29, 1.82) is 0 Å². The number of ether oxygens (including phenoxy) is 4. The third kappa shape index (κ3) is 3.19. The molecule has 5 rings (SSSR count). The van der Waals surface area contributed by atoms with Crippen molar-refractivity contribution in [1.82, 2.24) is 4.98 Å². The summed E-state index contributed by atoms with van der Waals surface area (Å²) in [5.74, 6) is -1.80. The number of phenols is 1. The van der Waals surface area contributed by atoms with Gasteiger partial charge in [0.1, 0.15) is 17.7 Å². The predicted molar refractivity (Wildman–Crippen MR) is 118 cm³/mol. The van der Waals surface area contributed by atoms with E-state index in [1.807, 2.05) is 0 Å². The summed E-state index contributed by atoms with van der Waals surface area (Å²) in [5, 5.41) is 11.5. The van der Waals surface area contributed by atoms with Crippen LogP contribution in [0.25, 0.3) is 10.9 Å². The Morgan fingerprint density at radius 3 is 2.26 bits per heavy atom. The Hall–Kier alpha value is -3.40. The molecule has 0 unspecified atom stereocenters. The van der Waals surface area contributed by atoms with E-state index in [9.17, 15) is 14.7 Å². The highest BCUT2D eigenvalue weighted by Crippen LogP contribution is 2.45. The van der Waals surface area contributed by atoms with E-state index in [0.29, 0.717) is 5.39 Å². The minimum Gasteiger partial charge on any atom is -0.504 e. The van der Waals surface area contributed by atoms with Gasteiger partial charge in [-0.1, -0.05) is 30.3 Å². The summed E-state index contributed by atoms with van der Waals surface area (Å²) < 4.78 is 37.5. The second-order valence-corrected chi connectivity index (χ2v) is 8.20. The van der Waals surface area contributed by atoms with Crippen LogP contribution in [0.5, 0.6) is 11.5 Å². The summed E-state index contributed by atoms with van der Waals surface area (Å²) in [6.45, 7) is 1.69. The number of ketones is 2. The van der Waals surface area contributed by atoms with Gasteiger partial charge >= 0.3 is 0 Å². The standard InChI is InChI=1S/C25H22FNO7/c1-11-22(31-2)23(32-3)17(26)25(33-11)34-24-18-14(9-6-10-27-18)15-16(21(24)30)20(29)13-8-5-4-7-12(13)19(15)28/h4-11,17,22-23,25,30H,1-3H3/t11-,17+,22+,23-,25-/m0/s1. The first kappa shape index (κ1) is 22.4. The molecule has 34 heavy (non-hydrogen) atoms. The molecule has 1 fully saturated rings. The van der Waals surface area contributed by atoms with Gasteiger partial charge in [0.15, 0.2) is 29.2 Å². The summed E-state index contributed by atoms with van der Waals surface area (Å²) >= 11 is 0. The summed E-state index contributed by atoms with van der Waals surface area (Å²) in [5.41, 5.74) is 0.320. The van der Waals surface area contributed by atoms with E-state index in [0.717, 1.165) is 0 Å². The number of pyridine rings is 1. The Kier molecular flexibility index (Phi) is 5.55. The molecular formula is C25H22FNO7. The first-order valence-corrected chi connectivity index (χ1v) is 10.7. The minimum atomic E-state index is -1.78. The fourth-order valence-electron chi connectivity index (χ4n) is 4.75. The summed E-state index contributed by atoms with van der Waals surface area (Å²) in [6.07, 6.45) is -4.09. The number of aromatic nitrogens is 1. The maximum absolute atomic E-state index is 15.3. The van der Waals surface area contributed by atoms with Crippen LogP contribution in [-0.4, -0.2) is 66.7 Å². The molecule has 1 aliphatic carbocycles. The zero-order chi connectivity index (χ0) is 24.1. The number of rotatable bonds is 4. The first-order valence-electron chi connectivity index (χ1n) is 10.7. The lowest BCUT2D eigenvalue weighted by molar-refractivity contribution is -0.261. The molecule has 1 aliphatic heterocycles. The van der Waals surface area contributed by atoms with Crippen molar-refractivity contribution in [3.05, 3.63) is 64.8 Å². The van der Waals surface area contributed by atoms with Crippen molar-refractivity contribution in [3.8, 4) is 11.5 Å². The van der Waals surface area contributed by atoms with Crippen molar-refractivity contribution in [3.63, 3.8) is 0 Å². The van der Waals surface area contributed by atoms with Crippen LogP contribution in [0.1, 0.15) is 38.8 Å². The van der Waals surface area contributed by atoms with Gasteiger partial charge in [0.25, 0.3) is 0 Å². The van der Waals surface area contributed by atoms with E-state index in [4.69, 9.17) is 18.9 Å². The minimum absolute atomic E-state index is 0.0283. The summed E-state index contributed by atoms with van der Waals surface area (Å²) in [6, 6.07) is 9.57. The van der Waals surface area contributed by atoms with Gasteiger partial charge in [-0.15, -0.1) is 0 Å². The average Bonchev–Trinajstić information content (AvgIpc) is 2.85. The molecule has 2 aliphatic rings. The van der Waals surface area contributed by atoms with Crippen molar-refractivity contribution in [2.75, 3.05) is 14.2 Å². The number of hydrogen-bond acceptors (Lipinski definition) is 8. The molecule has 3 aromatic rings. The molecule has 1 N–H and O–H groups in total. The molecular weight excluding hydrogens is 445 g/mol. The smallest absolute Gasteiger partial charge is 0.234 e. The Labute approximate surface area is 194 Å². The second kappa shape index (κ2) is 8.43. The molecule has 176 valence electrons. The molecule has 0 spiro atoms. The Balaban J connectivity index is 1.66. The topological polar surface area (TPSA) is 104 Å². The van der Waals surface area contributed by atoms with Gasteiger partial charge in [-0.25, -0.2) is 4.39 Å². The fraction of sp³-hybridized carbons (Fsp3) is 0.320. The molecule has 1 saturated heterocycles. The number of methoxy groups -OCH3 is 2. The largest absolute Gasteiger partial charge is 0.504 e. The predicted octanol–water partition coefficient (Wildman–Crippen LogP) is 3.21. The molecule has 0 saturated carbocycles. The SMILES string of the molecule is CO[C@H]1[C@@H](F)[C@H](Oc2c(O)c3c(c4cccnc24)C(=O)c2ccccc2C3=O)O[C@@H](C)[C@H]1OC. The van der Waals surface area contributed by atoms with E-state index in [1.54, 1.807) is 37.3 Å². The number of carbonyl (C=O) groups is 2. The highest BCUT2D eigenvalue weighted by Gasteiger charge is 2.47. The highest BCUT2D eigenvalue weighted by atomic mass is 19.1. The molecule has 2 heterocycles. The van der Waals surface area contributed by atoms with E-state index in [2.05, 4.69) is 4.98 Å². The molecule has 2 aromatic carbocycles. The van der Waals surface area contributed by atoms with Gasteiger partial charge in [0.2, 0.25) is 6.29 Å². The fourth-order valence-corrected chi connectivity index (χ4v) is 4.75. The van der Waals surface area contributed by atoms with Gasteiger partial charge in [0, 0.05) is 42.5 Å². The van der Waals surface area contributed by atoms with E-state index in [1.165, 1.54) is 26.5 Å². The second-order valence-electron chi connectivity index (χ2n) is 8.20. The summed E-state index contributed by atoms with van der Waals surface area (Å²) in [4.78, 5) is 30.9. The lowest BCUT2D eigenvalue weighted by Crippen LogP contribution is -2.58. The van der Waals surface area contributed by atoms with Gasteiger partial charge < -0.3 is 24.1 Å². The van der Waals surface area contributed by atoms with Crippen LogP contribution in [0, 0.1) is 0 Å². The van der Waals surface area contributed by atoms with Gasteiger partial charge in [-0.2, -0.15) is 0 Å². The lowest BCUT2D eigenvalue weighted by atomic mass is 9.81. The maximum atomic E-state index is 15.3. The lowest BCUT2D eigenvalue weighted by Gasteiger charge is -2.41. The monoisotopic (exact) mass is 467 g/mol. The average molecular weight is 467 g/mol. The van der Waals surface area contributed by atoms with Crippen LogP contribution in [0.4, 0.5) is 4.39 Å². The quantitative estimate of drug-likeness (QED) is 0.488. The maximum Gasteiger partial charge on any atom is 0.234 e. The van der Waals surface area contributed by atoms with Gasteiger partial charge in [-0.05, 0) is 13.0 Å². The Morgan fingerprint density at radius 2 is 1.62 bits per heavy atom. The molecule has 0 bridgehead atoms. The van der Waals surface area contributed by atoms with Gasteiger partial charge in [0.05, 0.1) is 11.7 Å². The van der Waals surface area contributed by atoms with Crippen LogP contribution in [0.2, 0.25) is 0 Å². The van der Waals surface area contributed by atoms with Crippen molar-refractivity contribution >= 4 is 22.5 Å². The van der Waals surface area contributed by atoms with E-state index in [-0.39, 0.29) is 33.5 Å². The number of benzene rings is 2. The number of phenolic OH excluding ortho intramolecular Hbond substituents is 1. The molecule has 9 heteroatoms. The van der Waals surface area contributed by atoms with Crippen LogP contribution < -0.4 is 4.74 Å². The number of halogens is 1. The number of fused-ring (bicyclic) bond motifs is 4. The zero-order valence-corrected chi connectivity index (χ0v) is 18.7. The molecule has 5 atom stereocenters. The number of hydrogen-bond donors (Lipinski definition) is 1. The van der Waals surface area contributed by atoms with Gasteiger partial charge in [-0.3, -0.25) is 14.6 Å². The molecule has 1 aromatic heterocycles.